The summed E-state index contributed by atoms with van der Waals surface area (Å²) in [5.41, 5.74) is 0. The number of amides is 2. The highest BCUT2D eigenvalue weighted by Crippen LogP contribution is 1.91. The van der Waals surface area contributed by atoms with Crippen LogP contribution < -0.4 is 10.6 Å². The number of nitrogens with one attached hydrogen (secondary N) is 3. The van der Waals surface area contributed by atoms with Crippen LogP contribution in [0, 0.1) is 0 Å². The van der Waals surface area contributed by atoms with Crippen LogP contribution in [-0.4, -0.2) is 58.6 Å². The van der Waals surface area contributed by atoms with Crippen LogP contribution in [0.2, 0.25) is 0 Å². The topological polar surface area (TPSA) is 129 Å². The number of nitrogens with zero attached hydrogens (tertiary/aromatic N) is 2. The predicted octanol–water partition coefficient (Wildman–Crippen LogP) is -0.864. The molecule has 0 aliphatic heterocycles. The van der Waals surface area contributed by atoms with Gasteiger partial charge in [-0.05, 0) is 6.42 Å². The summed E-state index contributed by atoms with van der Waals surface area (Å²) < 4.78 is 4.70. The van der Waals surface area contributed by atoms with Crippen LogP contribution in [0.5, 0.6) is 0 Å². The molecular formula is C10H17N5O4. The zero-order valence-corrected chi connectivity index (χ0v) is 10.5. The van der Waals surface area contributed by atoms with Crippen molar-refractivity contribution in [1.82, 2.24) is 25.8 Å². The van der Waals surface area contributed by atoms with Gasteiger partial charge in [0.05, 0.1) is 6.61 Å². The summed E-state index contributed by atoms with van der Waals surface area (Å²) in [6.07, 6.45) is 2.74. The zero-order chi connectivity index (χ0) is 14.1. The molecule has 0 radical (unpaired) electrons. The Hall–Kier alpha value is -2.16. The van der Waals surface area contributed by atoms with Gasteiger partial charge in [-0.1, -0.05) is 0 Å². The lowest BCUT2D eigenvalue weighted by Crippen LogP contribution is -2.48. The number of hydrogen-bond donors (Lipinski definition) is 4. The highest BCUT2D eigenvalue weighted by atomic mass is 16.5. The van der Waals surface area contributed by atoms with Gasteiger partial charge in [0.15, 0.2) is 6.04 Å². The van der Waals surface area contributed by atoms with Gasteiger partial charge in [-0.3, -0.25) is 5.10 Å². The third-order valence-electron chi connectivity index (χ3n) is 2.28. The van der Waals surface area contributed by atoms with E-state index in [9.17, 15) is 9.59 Å². The molecule has 2 amide bonds. The van der Waals surface area contributed by atoms with E-state index in [-0.39, 0.29) is 6.61 Å². The van der Waals surface area contributed by atoms with Crippen LogP contribution in [0.3, 0.4) is 0 Å². The third-order valence-corrected chi connectivity index (χ3v) is 2.28. The first kappa shape index (κ1) is 14.9. The Morgan fingerprint density at radius 3 is 2.95 bits per heavy atom. The quantitative estimate of drug-likeness (QED) is 0.455. The molecule has 1 aromatic rings. The lowest BCUT2D eigenvalue weighted by molar-refractivity contribution is -0.140. The average Bonchev–Trinajstić information content (AvgIpc) is 2.87. The number of rotatable bonds is 8. The third kappa shape index (κ3) is 5.82. The number of aromatic nitrogens is 3. The first-order valence-corrected chi connectivity index (χ1v) is 5.74. The Balaban J connectivity index is 2.17. The largest absolute Gasteiger partial charge is 0.480 e. The van der Waals surface area contributed by atoms with Gasteiger partial charge in [0.25, 0.3) is 0 Å². The zero-order valence-electron chi connectivity index (χ0n) is 10.5. The van der Waals surface area contributed by atoms with Crippen molar-refractivity contribution >= 4 is 12.0 Å². The van der Waals surface area contributed by atoms with E-state index in [1.807, 2.05) is 0 Å². The number of aliphatic carboxylic acids is 1. The Morgan fingerprint density at radius 2 is 2.37 bits per heavy atom. The van der Waals surface area contributed by atoms with Crippen LogP contribution in [0.15, 0.2) is 6.33 Å². The molecule has 0 aliphatic carbocycles. The first-order valence-electron chi connectivity index (χ1n) is 5.74. The molecule has 106 valence electrons. The number of aromatic amines is 1. The molecule has 1 rings (SSSR count). The van der Waals surface area contributed by atoms with Crippen molar-refractivity contribution in [2.75, 3.05) is 20.3 Å². The van der Waals surface area contributed by atoms with E-state index in [0.717, 1.165) is 5.82 Å². The molecule has 1 heterocycles. The molecule has 0 saturated heterocycles. The fourth-order valence-corrected chi connectivity index (χ4v) is 1.36. The summed E-state index contributed by atoms with van der Waals surface area (Å²) in [6.45, 7) is 0.326. The molecule has 0 aliphatic rings. The summed E-state index contributed by atoms with van der Waals surface area (Å²) >= 11 is 0. The first-order chi connectivity index (χ1) is 9.13. The summed E-state index contributed by atoms with van der Waals surface area (Å²) in [6, 6.07) is -1.60. The van der Waals surface area contributed by atoms with E-state index in [0.29, 0.717) is 19.4 Å². The maximum atomic E-state index is 11.4. The van der Waals surface area contributed by atoms with Crippen LogP contribution in [-0.2, 0) is 16.0 Å². The molecule has 1 atom stereocenters. The smallest absolute Gasteiger partial charge is 0.328 e. The number of H-pyrrole nitrogens is 1. The number of carboxylic acids is 1. The molecule has 1 unspecified atom stereocenters. The fourth-order valence-electron chi connectivity index (χ4n) is 1.36. The number of methoxy groups -OCH3 is 1. The minimum absolute atomic E-state index is 0.0825. The minimum Gasteiger partial charge on any atom is -0.480 e. The maximum absolute atomic E-state index is 11.4. The molecule has 1 aromatic heterocycles. The van der Waals surface area contributed by atoms with Gasteiger partial charge in [-0.25, -0.2) is 14.6 Å². The highest BCUT2D eigenvalue weighted by Gasteiger charge is 2.19. The van der Waals surface area contributed by atoms with Gasteiger partial charge in [0.1, 0.15) is 12.2 Å². The van der Waals surface area contributed by atoms with Gasteiger partial charge in [-0.15, -0.1) is 0 Å². The van der Waals surface area contributed by atoms with Crippen molar-refractivity contribution in [2.45, 2.75) is 18.9 Å². The maximum Gasteiger partial charge on any atom is 0.328 e. The molecular weight excluding hydrogens is 254 g/mol. The molecule has 0 aromatic carbocycles. The van der Waals surface area contributed by atoms with E-state index in [2.05, 4.69) is 25.8 Å². The van der Waals surface area contributed by atoms with Gasteiger partial charge >= 0.3 is 12.0 Å². The molecule has 9 nitrogen and oxygen atoms in total. The minimum atomic E-state index is -1.14. The van der Waals surface area contributed by atoms with Gasteiger partial charge < -0.3 is 20.5 Å². The van der Waals surface area contributed by atoms with Gasteiger partial charge in [0, 0.05) is 20.1 Å². The summed E-state index contributed by atoms with van der Waals surface area (Å²) in [5, 5.41) is 20.1. The van der Waals surface area contributed by atoms with Crippen molar-refractivity contribution in [3.63, 3.8) is 0 Å². The Labute approximate surface area is 109 Å². The summed E-state index contributed by atoms with van der Waals surface area (Å²) in [4.78, 5) is 26.1. The number of carbonyl (C=O) groups excluding carboxylic acids is 1. The molecule has 0 spiro atoms. The lowest BCUT2D eigenvalue weighted by atomic mass is 10.3. The molecule has 0 bridgehead atoms. The Bertz CT molecular complexity index is 395. The molecule has 0 fully saturated rings. The van der Waals surface area contributed by atoms with Crippen LogP contribution in [0.25, 0.3) is 0 Å². The van der Waals surface area contributed by atoms with E-state index in [4.69, 9.17) is 9.84 Å². The van der Waals surface area contributed by atoms with Gasteiger partial charge in [-0.2, -0.15) is 5.10 Å². The average molecular weight is 271 g/mol. The van der Waals surface area contributed by atoms with Crippen molar-refractivity contribution in [2.24, 2.45) is 0 Å². The van der Waals surface area contributed by atoms with Crippen LogP contribution in [0.4, 0.5) is 4.79 Å². The van der Waals surface area contributed by atoms with Crippen molar-refractivity contribution < 1.29 is 19.4 Å². The van der Waals surface area contributed by atoms with Crippen molar-refractivity contribution in [3.8, 4) is 0 Å². The monoisotopic (exact) mass is 271 g/mol. The number of ether oxygens (including phenoxy) is 1. The van der Waals surface area contributed by atoms with Gasteiger partial charge in [0.2, 0.25) is 0 Å². The normalized spacial score (nSPS) is 11.8. The number of urea groups is 1. The second kappa shape index (κ2) is 8.03. The summed E-state index contributed by atoms with van der Waals surface area (Å²) in [7, 11) is 1.37. The van der Waals surface area contributed by atoms with Crippen molar-refractivity contribution in [1.29, 1.82) is 0 Å². The molecule has 0 saturated carbocycles. The number of hydrogen-bond acceptors (Lipinski definition) is 5. The van der Waals surface area contributed by atoms with E-state index < -0.39 is 18.0 Å². The molecule has 9 heteroatoms. The van der Waals surface area contributed by atoms with E-state index in [1.54, 1.807) is 0 Å². The second-order valence-corrected chi connectivity index (χ2v) is 3.78. The number of carbonyl (C=O) groups is 2. The SMILES string of the molecule is COCC(NC(=O)NCCCc1ncn[nH]1)C(=O)O. The van der Waals surface area contributed by atoms with Crippen LogP contribution >= 0.6 is 0 Å². The second-order valence-electron chi connectivity index (χ2n) is 3.78. The van der Waals surface area contributed by atoms with E-state index in [1.165, 1.54) is 13.4 Å². The van der Waals surface area contributed by atoms with Crippen LogP contribution in [0.1, 0.15) is 12.2 Å². The van der Waals surface area contributed by atoms with Crippen molar-refractivity contribution in [3.05, 3.63) is 12.2 Å². The lowest BCUT2D eigenvalue weighted by Gasteiger charge is -2.13. The number of aryl methyl sites for hydroxylation is 1. The Morgan fingerprint density at radius 1 is 1.58 bits per heavy atom. The summed E-state index contributed by atoms with van der Waals surface area (Å²) in [5.74, 6) is -0.399. The standard InChI is InChI=1S/C10H17N5O4/c1-19-5-7(9(16)17)14-10(18)11-4-2-3-8-12-6-13-15-8/h6-7H,2-5H2,1H3,(H,16,17)(H2,11,14,18)(H,12,13,15). The molecule has 19 heavy (non-hydrogen) atoms. The Kier molecular flexibility index (Phi) is 6.30. The number of carboxylic acid groups (broad SMARTS) is 1. The fraction of sp³-hybridized carbons (Fsp3) is 0.600. The molecule has 4 N–H and O–H groups in total. The highest BCUT2D eigenvalue weighted by molar-refractivity contribution is 5.82. The predicted molar refractivity (Wildman–Crippen MR) is 64.5 cm³/mol. The van der Waals surface area contributed by atoms with E-state index >= 15 is 0 Å².